The van der Waals surface area contributed by atoms with Gasteiger partial charge in [-0.1, -0.05) is 69.9 Å². The number of methoxy groups -OCH3 is 1. The normalized spacial score (nSPS) is 16.0. The molecule has 248 valence electrons. The van der Waals surface area contributed by atoms with Crippen LogP contribution in [-0.4, -0.2) is 57.1 Å². The molecule has 0 saturated carbocycles. The number of hydrogen-bond acceptors (Lipinski definition) is 7. The van der Waals surface area contributed by atoms with Gasteiger partial charge in [0.2, 0.25) is 15.9 Å². The average Bonchev–Trinajstić information content (AvgIpc) is 3.13. The molecule has 1 heterocycles. The number of hydrogen-bond donors (Lipinski definition) is 1. The Morgan fingerprint density at radius 2 is 1.65 bits per heavy atom. The summed E-state index contributed by atoms with van der Waals surface area (Å²) in [5.41, 5.74) is 1.77. The highest BCUT2D eigenvalue weighted by Crippen LogP contribution is 2.48. The van der Waals surface area contributed by atoms with Gasteiger partial charge in [0.25, 0.3) is 0 Å². The molecule has 4 rings (SSSR count). The summed E-state index contributed by atoms with van der Waals surface area (Å²) in [6.45, 7) is 4.74. The number of carboxylic acid groups (broad SMARTS) is 1. The number of nitrogens with zero attached hydrogens (tertiary/aromatic N) is 3. The van der Waals surface area contributed by atoms with Gasteiger partial charge < -0.3 is 24.4 Å². The van der Waals surface area contributed by atoms with Gasteiger partial charge in [0.1, 0.15) is 16.9 Å². The van der Waals surface area contributed by atoms with Gasteiger partial charge in [0.05, 0.1) is 24.0 Å². The Morgan fingerprint density at radius 3 is 2.20 bits per heavy atom. The molecule has 0 atom stereocenters. The third kappa shape index (κ3) is 7.47. The number of anilines is 3. The highest BCUT2D eigenvalue weighted by atomic mass is 32.2. The van der Waals surface area contributed by atoms with Crippen molar-refractivity contribution >= 4 is 33.1 Å². The van der Waals surface area contributed by atoms with Crippen molar-refractivity contribution in [2.45, 2.75) is 69.4 Å². The van der Waals surface area contributed by atoms with Crippen LogP contribution in [0.25, 0.3) is 0 Å². The Bertz CT molecular complexity index is 1620. The lowest BCUT2D eigenvalue weighted by molar-refractivity contribution is -0.134. The zero-order chi connectivity index (χ0) is 33.5. The molecule has 0 radical (unpaired) electrons. The Labute approximate surface area is 271 Å². The van der Waals surface area contributed by atoms with E-state index in [0.717, 1.165) is 36.9 Å². The van der Waals surface area contributed by atoms with E-state index in [4.69, 9.17) is 14.6 Å². The number of carboxylic acids is 1. The molecule has 0 fully saturated rings. The van der Waals surface area contributed by atoms with Crippen LogP contribution in [0.15, 0.2) is 83.7 Å². The van der Waals surface area contributed by atoms with Crippen molar-refractivity contribution in [2.75, 3.05) is 37.5 Å². The Morgan fingerprint density at radius 1 is 1.02 bits per heavy atom. The van der Waals surface area contributed by atoms with Crippen molar-refractivity contribution < 1.29 is 32.2 Å². The van der Waals surface area contributed by atoms with E-state index in [1.807, 2.05) is 54.6 Å². The van der Waals surface area contributed by atoms with Crippen LogP contribution in [0.1, 0.15) is 57.9 Å². The number of ether oxygens (including phenoxy) is 2. The molecule has 11 heteroatoms. The van der Waals surface area contributed by atoms with Crippen molar-refractivity contribution in [1.82, 2.24) is 4.31 Å². The highest BCUT2D eigenvalue weighted by molar-refractivity contribution is 7.89. The molecule has 0 unspecified atom stereocenters. The molecule has 0 aliphatic carbocycles. The van der Waals surface area contributed by atoms with Crippen LogP contribution in [0, 0.1) is 0 Å². The fraction of sp³-hybridized carbons (Fsp3) is 0.400. The predicted molar refractivity (Wildman–Crippen MR) is 179 cm³/mol. The smallest absolute Gasteiger partial charge is 0.368 e. The number of para-hydroxylation sites is 1. The first-order chi connectivity index (χ1) is 22.0. The van der Waals surface area contributed by atoms with Crippen molar-refractivity contribution in [2.24, 2.45) is 0 Å². The predicted octanol–water partition coefficient (Wildman–Crippen LogP) is 7.50. The lowest BCUT2D eigenvalue weighted by Crippen LogP contribution is -2.55. The largest absolute Gasteiger partial charge is 0.497 e. The van der Waals surface area contributed by atoms with Crippen LogP contribution >= 0.6 is 0 Å². The zero-order valence-corrected chi connectivity index (χ0v) is 28.0. The minimum Gasteiger partial charge on any atom is -0.497 e. The second-order valence-corrected chi connectivity index (χ2v) is 13.6. The summed E-state index contributed by atoms with van der Waals surface area (Å²) in [6.07, 6.45) is 5.22. The van der Waals surface area contributed by atoms with Gasteiger partial charge in [-0.25, -0.2) is 13.2 Å². The lowest BCUT2D eigenvalue weighted by atomic mass is 9.85. The molecule has 46 heavy (non-hydrogen) atoms. The summed E-state index contributed by atoms with van der Waals surface area (Å²) in [5.74, 6) is -2.61. The van der Waals surface area contributed by atoms with Gasteiger partial charge >= 0.3 is 5.97 Å². The molecule has 3 aromatic rings. The van der Waals surface area contributed by atoms with Gasteiger partial charge in [-0.05, 0) is 48.7 Å². The first-order valence-electron chi connectivity index (χ1n) is 15.6. The molecule has 1 N–H and O–H groups in total. The van der Waals surface area contributed by atoms with Crippen molar-refractivity contribution in [1.29, 1.82) is 0 Å². The van der Waals surface area contributed by atoms with Crippen LogP contribution < -0.4 is 19.3 Å². The maximum absolute atomic E-state index is 15.2. The minimum atomic E-state index is -4.23. The number of rotatable bonds is 14. The molecule has 9 nitrogen and oxygen atoms in total. The maximum Gasteiger partial charge on any atom is 0.368 e. The summed E-state index contributed by atoms with van der Waals surface area (Å²) < 4.78 is 57.0. The topological polar surface area (TPSA) is 99.6 Å². The number of aliphatic carboxylic acids is 1. The molecule has 1 aliphatic heterocycles. The molecule has 1 aliphatic rings. The van der Waals surface area contributed by atoms with Crippen molar-refractivity contribution in [3.63, 3.8) is 0 Å². The number of carbonyl (C=O) groups is 1. The van der Waals surface area contributed by atoms with Gasteiger partial charge in [0, 0.05) is 38.9 Å². The maximum atomic E-state index is 15.2. The number of halogens is 1. The molecule has 3 aromatic carbocycles. The third-order valence-electron chi connectivity index (χ3n) is 8.40. The van der Waals surface area contributed by atoms with Gasteiger partial charge in [-0.3, -0.25) is 0 Å². The van der Waals surface area contributed by atoms with Crippen molar-refractivity contribution in [3.05, 3.63) is 84.4 Å². The van der Waals surface area contributed by atoms with E-state index in [0.29, 0.717) is 42.8 Å². The fourth-order valence-electron chi connectivity index (χ4n) is 5.93. The van der Waals surface area contributed by atoms with E-state index in [-0.39, 0.29) is 17.2 Å². The van der Waals surface area contributed by atoms with E-state index < -0.39 is 27.4 Å². The molecular formula is C35H44FN3O6S. The van der Waals surface area contributed by atoms with Crippen molar-refractivity contribution in [3.8, 4) is 11.5 Å². The second kappa shape index (κ2) is 15.0. The summed E-state index contributed by atoms with van der Waals surface area (Å²) in [6, 6.07) is 20.2. The number of benzene rings is 3. The Balaban J connectivity index is 2.05. The molecular weight excluding hydrogens is 609 g/mol. The summed E-state index contributed by atoms with van der Waals surface area (Å²) in [4.78, 5) is 14.9. The minimum absolute atomic E-state index is 0.00975. The number of fused-ring (bicyclic) bond motifs is 1. The van der Waals surface area contributed by atoms with Crippen LogP contribution in [0.2, 0.25) is 0 Å². The summed E-state index contributed by atoms with van der Waals surface area (Å²) in [7, 11) is 0.868. The Kier molecular flexibility index (Phi) is 11.3. The van der Waals surface area contributed by atoms with E-state index in [2.05, 4.69) is 18.7 Å². The summed E-state index contributed by atoms with van der Waals surface area (Å²) in [5, 5.41) is 9.07. The molecule has 0 saturated heterocycles. The van der Waals surface area contributed by atoms with Gasteiger partial charge in [0.15, 0.2) is 5.75 Å². The summed E-state index contributed by atoms with van der Waals surface area (Å²) >= 11 is 0. The second-order valence-electron chi connectivity index (χ2n) is 11.8. The average molecular weight is 654 g/mol. The first-order valence-corrected chi connectivity index (χ1v) is 17.0. The quantitative estimate of drug-likeness (QED) is 0.141. The van der Waals surface area contributed by atoms with E-state index in [9.17, 15) is 9.18 Å². The van der Waals surface area contributed by atoms with Gasteiger partial charge in [-0.15, -0.1) is 0 Å². The van der Waals surface area contributed by atoms with Gasteiger partial charge in [-0.2, -0.15) is 8.70 Å². The van der Waals surface area contributed by atoms with E-state index in [1.165, 1.54) is 6.07 Å². The standard InChI is InChI=1S/C35H44FN3O6S/c1-6-8-19-35(20-9-7-2)25-38(27-13-11-10-12-14-27)31-21-30(37(3)4)32(45-24-29(36)34(40)41)22-33(31)46(42,43)39(35)23-26-15-17-28(44-5)18-16-26/h10-18,21-22,24H,6-9,19-20,23,25H2,1-5H3,(H,40,41)/b29-24-. The molecule has 0 bridgehead atoms. The first kappa shape index (κ1) is 34.8. The highest BCUT2D eigenvalue weighted by Gasteiger charge is 2.49. The number of unbranched alkanes of at least 4 members (excludes halogenated alkanes) is 2. The van der Waals surface area contributed by atoms with Crippen LogP contribution in [-0.2, 0) is 21.4 Å². The molecule has 0 aromatic heterocycles. The monoisotopic (exact) mass is 653 g/mol. The molecule has 0 amide bonds. The lowest BCUT2D eigenvalue weighted by Gasteiger charge is -2.44. The fourth-order valence-corrected chi connectivity index (χ4v) is 7.93. The SMILES string of the molecule is CCCCC1(CCCC)CN(c2ccccc2)c2cc(N(C)C)c(O/C=C(\F)C(=O)O)cc2S(=O)(=O)N1Cc1ccc(OC)cc1. The third-order valence-corrected chi connectivity index (χ3v) is 10.4. The van der Waals surface area contributed by atoms with E-state index in [1.54, 1.807) is 36.5 Å². The number of sulfonamides is 1. The van der Waals surface area contributed by atoms with Crippen LogP contribution in [0.4, 0.5) is 21.5 Å². The zero-order valence-electron chi connectivity index (χ0n) is 27.2. The molecule has 0 spiro atoms. The Hall–Kier alpha value is -4.09. The van der Waals surface area contributed by atoms with E-state index >= 15 is 8.42 Å². The van der Waals surface area contributed by atoms with Crippen LogP contribution in [0.3, 0.4) is 0 Å². The van der Waals surface area contributed by atoms with Crippen LogP contribution in [0.5, 0.6) is 11.5 Å².